The monoisotopic (exact) mass is 401 g/mol. The van der Waals surface area contributed by atoms with Gasteiger partial charge in [0.05, 0.1) is 11.6 Å². The van der Waals surface area contributed by atoms with E-state index < -0.39 is 0 Å². The summed E-state index contributed by atoms with van der Waals surface area (Å²) in [4.78, 5) is 16.7. The molecule has 2 aromatic carbocycles. The lowest BCUT2D eigenvalue weighted by Crippen LogP contribution is -2.39. The van der Waals surface area contributed by atoms with Crippen molar-refractivity contribution < 1.29 is 9.90 Å². The van der Waals surface area contributed by atoms with Gasteiger partial charge in [-0.3, -0.25) is 15.1 Å². The number of aromatic nitrogens is 1. The summed E-state index contributed by atoms with van der Waals surface area (Å²) in [6.07, 6.45) is 0.481. The van der Waals surface area contributed by atoms with Crippen molar-refractivity contribution in [2.45, 2.75) is 13.0 Å². The largest absolute Gasteiger partial charge is 0.396 e. The van der Waals surface area contributed by atoms with Crippen molar-refractivity contribution in [3.63, 3.8) is 0 Å². The van der Waals surface area contributed by atoms with E-state index in [-0.39, 0.29) is 25.0 Å². The highest BCUT2D eigenvalue weighted by molar-refractivity contribution is 5.96. The van der Waals surface area contributed by atoms with Crippen LogP contribution in [-0.4, -0.2) is 34.7 Å². The molecule has 0 unspecified atom stereocenters. The Bertz CT molecular complexity index is 1060. The maximum atomic E-state index is 12.6. The van der Waals surface area contributed by atoms with Gasteiger partial charge in [-0.1, -0.05) is 42.5 Å². The van der Waals surface area contributed by atoms with Crippen LogP contribution >= 0.6 is 0 Å². The van der Waals surface area contributed by atoms with Crippen LogP contribution in [0, 0.1) is 11.3 Å². The lowest BCUT2D eigenvalue weighted by atomic mass is 10.1. The smallest absolute Gasteiger partial charge is 0.246 e. The van der Waals surface area contributed by atoms with Gasteiger partial charge in [-0.25, -0.2) is 0 Å². The summed E-state index contributed by atoms with van der Waals surface area (Å²) in [6, 6.07) is 23.1. The average Bonchev–Trinajstić information content (AvgIpc) is 3.17. The summed E-state index contributed by atoms with van der Waals surface area (Å²) in [5.74, 6) is -0.273. The van der Waals surface area contributed by atoms with Gasteiger partial charge in [-0.15, -0.1) is 0 Å². The Kier molecular flexibility index (Phi) is 6.98. The number of aliphatic hydroxyl groups excluding tert-OH is 1. The van der Waals surface area contributed by atoms with Crippen LogP contribution < -0.4 is 11.1 Å². The van der Waals surface area contributed by atoms with Crippen LogP contribution in [-0.2, 0) is 11.3 Å². The number of carbonyl (C=O) groups is 1. The summed E-state index contributed by atoms with van der Waals surface area (Å²) in [6.45, 7) is 0.406. The minimum absolute atomic E-state index is 0.0163. The Morgan fingerprint density at radius 3 is 2.27 bits per heavy atom. The molecule has 0 aliphatic rings. The van der Waals surface area contributed by atoms with E-state index in [0.717, 1.165) is 22.5 Å². The van der Waals surface area contributed by atoms with Gasteiger partial charge in [-0.2, -0.15) is 5.26 Å². The first-order chi connectivity index (χ1) is 14.6. The Morgan fingerprint density at radius 1 is 1.03 bits per heavy atom. The zero-order valence-electron chi connectivity index (χ0n) is 16.5. The summed E-state index contributed by atoms with van der Waals surface area (Å²) < 4.78 is 1.91. The third-order valence-electron chi connectivity index (χ3n) is 4.53. The molecule has 0 saturated heterocycles. The number of aliphatic imine (C=N–C) groups is 1. The van der Waals surface area contributed by atoms with E-state index in [1.807, 2.05) is 59.2 Å². The van der Waals surface area contributed by atoms with Crippen molar-refractivity contribution in [2.75, 3.05) is 13.2 Å². The third-order valence-corrected chi connectivity index (χ3v) is 4.53. The number of guanidine groups is 1. The second-order valence-electron chi connectivity index (χ2n) is 6.64. The van der Waals surface area contributed by atoms with Crippen molar-refractivity contribution >= 4 is 11.9 Å². The Balaban J connectivity index is 1.91. The molecule has 0 spiro atoms. The number of nitrogens with two attached hydrogens (primary N) is 1. The highest BCUT2D eigenvalue weighted by atomic mass is 16.3. The molecule has 30 heavy (non-hydrogen) atoms. The van der Waals surface area contributed by atoms with Gasteiger partial charge in [0.15, 0.2) is 5.96 Å². The molecule has 3 rings (SSSR count). The summed E-state index contributed by atoms with van der Waals surface area (Å²) in [5, 5.41) is 20.5. The van der Waals surface area contributed by atoms with Gasteiger partial charge >= 0.3 is 0 Å². The van der Waals surface area contributed by atoms with Crippen LogP contribution in [0.2, 0.25) is 0 Å². The van der Waals surface area contributed by atoms with Crippen molar-refractivity contribution in [3.05, 3.63) is 72.3 Å². The van der Waals surface area contributed by atoms with Gasteiger partial charge in [0.1, 0.15) is 6.54 Å². The Labute approximate surface area is 175 Å². The van der Waals surface area contributed by atoms with Crippen molar-refractivity contribution in [2.24, 2.45) is 10.7 Å². The molecule has 0 saturated carbocycles. The summed E-state index contributed by atoms with van der Waals surface area (Å²) in [7, 11) is 0. The lowest BCUT2D eigenvalue weighted by molar-refractivity contribution is -0.120. The highest BCUT2D eigenvalue weighted by Crippen LogP contribution is 2.29. The molecule has 1 aromatic heterocycles. The van der Waals surface area contributed by atoms with E-state index in [4.69, 9.17) is 16.1 Å². The number of amides is 1. The number of rotatable bonds is 7. The fourth-order valence-corrected chi connectivity index (χ4v) is 3.10. The van der Waals surface area contributed by atoms with Crippen LogP contribution in [0.5, 0.6) is 0 Å². The molecule has 1 heterocycles. The molecule has 0 atom stereocenters. The third kappa shape index (κ3) is 5.13. The predicted molar refractivity (Wildman–Crippen MR) is 116 cm³/mol. The SMILES string of the molecule is N#Cc1ccc(-c2ccc(-c3ccccc3)n2CC(=O)NC(N)=NCCCO)cc1. The van der Waals surface area contributed by atoms with Gasteiger partial charge < -0.3 is 15.4 Å². The number of hydrogen-bond acceptors (Lipinski definition) is 4. The second kappa shape index (κ2) is 10.0. The number of nitrogens with one attached hydrogen (secondary N) is 1. The van der Waals surface area contributed by atoms with Crippen LogP contribution in [0.15, 0.2) is 71.7 Å². The topological polar surface area (TPSA) is 116 Å². The van der Waals surface area contributed by atoms with E-state index in [0.29, 0.717) is 18.5 Å². The number of benzene rings is 2. The molecule has 3 aromatic rings. The first-order valence-electron chi connectivity index (χ1n) is 9.58. The molecular formula is C23H23N5O2. The molecule has 0 aliphatic heterocycles. The molecule has 0 aliphatic carbocycles. The highest BCUT2D eigenvalue weighted by Gasteiger charge is 2.15. The number of hydrogen-bond donors (Lipinski definition) is 3. The molecule has 0 fully saturated rings. The molecule has 7 nitrogen and oxygen atoms in total. The van der Waals surface area contributed by atoms with E-state index in [9.17, 15) is 4.79 Å². The lowest BCUT2D eigenvalue weighted by Gasteiger charge is -2.14. The average molecular weight is 401 g/mol. The molecular weight excluding hydrogens is 378 g/mol. The van der Waals surface area contributed by atoms with Crippen LogP contribution in [0.25, 0.3) is 22.5 Å². The van der Waals surface area contributed by atoms with E-state index in [2.05, 4.69) is 16.4 Å². The first-order valence-corrected chi connectivity index (χ1v) is 9.58. The number of carbonyl (C=O) groups excluding carboxylic acids is 1. The molecule has 0 bridgehead atoms. The Hall–Kier alpha value is -3.89. The van der Waals surface area contributed by atoms with E-state index in [1.165, 1.54) is 0 Å². The molecule has 152 valence electrons. The Morgan fingerprint density at radius 2 is 1.67 bits per heavy atom. The standard InChI is InChI=1S/C23H23N5O2/c24-15-17-7-9-19(10-8-17)21-12-11-20(18-5-2-1-3-6-18)28(21)16-22(30)27-23(25)26-13-4-14-29/h1-3,5-12,29H,4,13-14,16H2,(H3,25,26,27,30). The number of nitriles is 1. The zero-order chi connectivity index (χ0) is 21.3. The molecule has 0 radical (unpaired) electrons. The second-order valence-corrected chi connectivity index (χ2v) is 6.64. The fourth-order valence-electron chi connectivity index (χ4n) is 3.10. The van der Waals surface area contributed by atoms with Crippen molar-refractivity contribution in [3.8, 4) is 28.6 Å². The number of nitrogens with zero attached hydrogens (tertiary/aromatic N) is 3. The predicted octanol–water partition coefficient (Wildman–Crippen LogP) is 2.51. The maximum absolute atomic E-state index is 12.6. The first kappa shape index (κ1) is 20.8. The van der Waals surface area contributed by atoms with Crippen LogP contribution in [0.1, 0.15) is 12.0 Å². The van der Waals surface area contributed by atoms with Crippen molar-refractivity contribution in [1.29, 1.82) is 5.26 Å². The minimum atomic E-state index is -0.302. The summed E-state index contributed by atoms with van der Waals surface area (Å²) in [5.41, 5.74) is 9.96. The maximum Gasteiger partial charge on any atom is 0.246 e. The quantitative estimate of drug-likeness (QED) is 0.320. The molecule has 1 amide bonds. The van der Waals surface area contributed by atoms with Gasteiger partial charge in [0, 0.05) is 24.5 Å². The molecule has 7 heteroatoms. The molecule has 4 N–H and O–H groups in total. The van der Waals surface area contributed by atoms with E-state index in [1.54, 1.807) is 12.1 Å². The normalized spacial score (nSPS) is 11.1. The van der Waals surface area contributed by atoms with Crippen LogP contribution in [0.3, 0.4) is 0 Å². The number of aliphatic hydroxyl groups is 1. The summed E-state index contributed by atoms with van der Waals surface area (Å²) >= 11 is 0. The fraction of sp³-hybridized carbons (Fsp3) is 0.174. The van der Waals surface area contributed by atoms with Crippen LogP contribution in [0.4, 0.5) is 0 Å². The minimum Gasteiger partial charge on any atom is -0.396 e. The zero-order valence-corrected chi connectivity index (χ0v) is 16.5. The van der Waals surface area contributed by atoms with Gasteiger partial charge in [0.25, 0.3) is 0 Å². The van der Waals surface area contributed by atoms with Crippen molar-refractivity contribution in [1.82, 2.24) is 9.88 Å². The van der Waals surface area contributed by atoms with E-state index >= 15 is 0 Å². The van der Waals surface area contributed by atoms with Gasteiger partial charge in [-0.05, 0) is 41.8 Å². The van der Waals surface area contributed by atoms with Gasteiger partial charge in [0.2, 0.25) is 5.91 Å².